The van der Waals surface area contributed by atoms with Crippen LogP contribution in [0.3, 0.4) is 0 Å². The SMILES string of the molecule is Cc1ccc2c(c1)CCN(S(N)=O)C2. The van der Waals surface area contributed by atoms with E-state index in [-0.39, 0.29) is 0 Å². The highest BCUT2D eigenvalue weighted by Gasteiger charge is 2.18. The second-order valence-electron chi connectivity index (χ2n) is 3.66. The molecule has 3 nitrogen and oxygen atoms in total. The summed E-state index contributed by atoms with van der Waals surface area (Å²) in [6, 6.07) is 6.39. The minimum absolute atomic E-state index is 0.707. The van der Waals surface area contributed by atoms with E-state index in [9.17, 15) is 4.21 Å². The van der Waals surface area contributed by atoms with Gasteiger partial charge in [0.25, 0.3) is 0 Å². The van der Waals surface area contributed by atoms with Crippen LogP contribution in [0.1, 0.15) is 16.7 Å². The minimum atomic E-state index is -1.33. The Bertz CT molecular complexity index is 378. The summed E-state index contributed by atoms with van der Waals surface area (Å²) in [5.74, 6) is 0. The van der Waals surface area contributed by atoms with Crippen molar-refractivity contribution in [1.29, 1.82) is 0 Å². The van der Waals surface area contributed by atoms with Crippen LogP contribution in [0.15, 0.2) is 18.2 Å². The molecule has 1 aliphatic rings. The van der Waals surface area contributed by atoms with Gasteiger partial charge in [-0.3, -0.25) is 0 Å². The predicted octanol–water partition coefficient (Wildman–Crippen LogP) is 0.891. The summed E-state index contributed by atoms with van der Waals surface area (Å²) < 4.78 is 12.9. The quantitative estimate of drug-likeness (QED) is 0.735. The molecule has 0 spiro atoms. The maximum atomic E-state index is 11.1. The number of benzene rings is 1. The molecule has 0 radical (unpaired) electrons. The summed E-state index contributed by atoms with van der Waals surface area (Å²) in [6.07, 6.45) is 0.944. The fourth-order valence-corrected chi connectivity index (χ4v) is 2.35. The molecular weight excluding hydrogens is 196 g/mol. The highest BCUT2D eigenvalue weighted by atomic mass is 32.2. The van der Waals surface area contributed by atoms with E-state index in [1.807, 2.05) is 0 Å². The van der Waals surface area contributed by atoms with Crippen molar-refractivity contribution < 1.29 is 4.21 Å². The molecule has 1 aromatic rings. The van der Waals surface area contributed by atoms with E-state index in [0.717, 1.165) is 13.0 Å². The largest absolute Gasteiger partial charge is 0.238 e. The van der Waals surface area contributed by atoms with Crippen molar-refractivity contribution in [1.82, 2.24) is 4.31 Å². The van der Waals surface area contributed by atoms with Gasteiger partial charge in [-0.25, -0.2) is 13.7 Å². The fourth-order valence-electron chi connectivity index (χ4n) is 1.81. The molecule has 2 N–H and O–H groups in total. The molecule has 1 aromatic carbocycles. The summed E-state index contributed by atoms with van der Waals surface area (Å²) in [6.45, 7) is 3.59. The van der Waals surface area contributed by atoms with Crippen LogP contribution in [0.25, 0.3) is 0 Å². The van der Waals surface area contributed by atoms with Gasteiger partial charge in [0.2, 0.25) is 0 Å². The first-order valence-electron chi connectivity index (χ1n) is 4.66. The molecule has 14 heavy (non-hydrogen) atoms. The summed E-state index contributed by atoms with van der Waals surface area (Å²) in [5, 5.41) is 5.35. The number of hydrogen-bond donors (Lipinski definition) is 1. The van der Waals surface area contributed by atoms with Crippen molar-refractivity contribution in [2.45, 2.75) is 19.9 Å². The molecule has 0 aromatic heterocycles. The number of fused-ring (bicyclic) bond motifs is 1. The van der Waals surface area contributed by atoms with Crippen molar-refractivity contribution >= 4 is 11.2 Å². The van der Waals surface area contributed by atoms with Crippen LogP contribution in [0.5, 0.6) is 0 Å². The number of aryl methyl sites for hydroxylation is 1. The third kappa shape index (κ3) is 1.87. The predicted molar refractivity (Wildman–Crippen MR) is 57.6 cm³/mol. The third-order valence-electron chi connectivity index (χ3n) is 2.59. The maximum absolute atomic E-state index is 11.1. The third-order valence-corrected chi connectivity index (χ3v) is 3.41. The lowest BCUT2D eigenvalue weighted by Gasteiger charge is -2.25. The van der Waals surface area contributed by atoms with E-state index in [0.29, 0.717) is 6.54 Å². The highest BCUT2D eigenvalue weighted by molar-refractivity contribution is 7.80. The maximum Gasteiger partial charge on any atom is 0.167 e. The van der Waals surface area contributed by atoms with E-state index in [1.165, 1.54) is 16.7 Å². The Balaban J connectivity index is 2.27. The normalized spacial score (nSPS) is 19.0. The summed E-state index contributed by atoms with van der Waals surface area (Å²) in [4.78, 5) is 0. The minimum Gasteiger partial charge on any atom is -0.238 e. The fraction of sp³-hybridized carbons (Fsp3) is 0.400. The van der Waals surface area contributed by atoms with E-state index in [1.54, 1.807) is 4.31 Å². The molecule has 0 bridgehead atoms. The molecule has 76 valence electrons. The number of nitrogens with zero attached hydrogens (tertiary/aromatic N) is 1. The smallest absolute Gasteiger partial charge is 0.167 e. The van der Waals surface area contributed by atoms with Crippen molar-refractivity contribution in [3.63, 3.8) is 0 Å². The molecule has 0 amide bonds. The van der Waals surface area contributed by atoms with Crippen LogP contribution in [0, 0.1) is 6.92 Å². The lowest BCUT2D eigenvalue weighted by atomic mass is 9.99. The first kappa shape index (κ1) is 9.83. The topological polar surface area (TPSA) is 46.3 Å². The van der Waals surface area contributed by atoms with Gasteiger partial charge in [-0.2, -0.15) is 0 Å². The number of hydrogen-bond acceptors (Lipinski definition) is 1. The second kappa shape index (κ2) is 3.81. The van der Waals surface area contributed by atoms with Gasteiger partial charge < -0.3 is 0 Å². The van der Waals surface area contributed by atoms with E-state index < -0.39 is 11.2 Å². The Hall–Kier alpha value is -0.710. The Morgan fingerprint density at radius 1 is 1.43 bits per heavy atom. The number of rotatable bonds is 1. The zero-order valence-corrected chi connectivity index (χ0v) is 9.01. The van der Waals surface area contributed by atoms with Crippen LogP contribution in [-0.4, -0.2) is 15.1 Å². The van der Waals surface area contributed by atoms with Crippen molar-refractivity contribution in [3.05, 3.63) is 34.9 Å². The molecule has 2 rings (SSSR count). The lowest BCUT2D eigenvalue weighted by Crippen LogP contribution is -2.35. The van der Waals surface area contributed by atoms with Gasteiger partial charge in [-0.15, -0.1) is 0 Å². The standard InChI is InChI=1S/C10H14N2OS/c1-8-2-3-10-7-12(14(11)13)5-4-9(10)6-8/h2-3,6H,4-5,7,11H2,1H3. The van der Waals surface area contributed by atoms with Crippen LogP contribution in [0.2, 0.25) is 0 Å². The molecule has 1 unspecified atom stereocenters. The van der Waals surface area contributed by atoms with Gasteiger partial charge >= 0.3 is 0 Å². The van der Waals surface area contributed by atoms with Gasteiger partial charge in [0.15, 0.2) is 11.2 Å². The van der Waals surface area contributed by atoms with Crippen LogP contribution in [0.4, 0.5) is 0 Å². The Kier molecular flexibility index (Phi) is 2.67. The van der Waals surface area contributed by atoms with Gasteiger partial charge in [0, 0.05) is 13.1 Å². The average Bonchev–Trinajstić information content (AvgIpc) is 2.16. The number of nitrogens with two attached hydrogens (primary N) is 1. The molecule has 0 saturated heterocycles. The van der Waals surface area contributed by atoms with Crippen molar-refractivity contribution in [2.24, 2.45) is 5.14 Å². The van der Waals surface area contributed by atoms with Crippen molar-refractivity contribution in [3.8, 4) is 0 Å². The monoisotopic (exact) mass is 210 g/mol. The molecule has 4 heteroatoms. The molecule has 1 heterocycles. The first-order chi connectivity index (χ1) is 6.66. The second-order valence-corrected chi connectivity index (χ2v) is 4.73. The Morgan fingerprint density at radius 3 is 2.93 bits per heavy atom. The lowest BCUT2D eigenvalue weighted by molar-refractivity contribution is 0.421. The van der Waals surface area contributed by atoms with Gasteiger partial charge in [0.1, 0.15) is 0 Å². The summed E-state index contributed by atoms with van der Waals surface area (Å²) >= 11 is -1.33. The zero-order valence-electron chi connectivity index (χ0n) is 8.19. The molecule has 0 saturated carbocycles. The van der Waals surface area contributed by atoms with E-state index in [2.05, 4.69) is 25.1 Å². The first-order valence-corrected chi connectivity index (χ1v) is 5.83. The molecule has 1 aliphatic heterocycles. The highest BCUT2D eigenvalue weighted by Crippen LogP contribution is 2.20. The molecule has 0 aliphatic carbocycles. The van der Waals surface area contributed by atoms with E-state index >= 15 is 0 Å². The van der Waals surface area contributed by atoms with Crippen molar-refractivity contribution in [2.75, 3.05) is 6.54 Å². The Labute approximate surface area is 86.6 Å². The average molecular weight is 210 g/mol. The van der Waals surface area contributed by atoms with Crippen LogP contribution < -0.4 is 5.14 Å². The van der Waals surface area contributed by atoms with Crippen LogP contribution >= 0.6 is 0 Å². The Morgan fingerprint density at radius 2 is 2.21 bits per heavy atom. The molecular formula is C10H14N2OS. The molecule has 1 atom stereocenters. The van der Waals surface area contributed by atoms with Gasteiger partial charge in [0.05, 0.1) is 0 Å². The van der Waals surface area contributed by atoms with Crippen LogP contribution in [-0.2, 0) is 24.1 Å². The summed E-state index contributed by atoms with van der Waals surface area (Å²) in [7, 11) is 0. The summed E-state index contributed by atoms with van der Waals surface area (Å²) in [5.41, 5.74) is 3.90. The molecule has 0 fully saturated rings. The van der Waals surface area contributed by atoms with E-state index in [4.69, 9.17) is 5.14 Å². The van der Waals surface area contributed by atoms with Gasteiger partial charge in [-0.1, -0.05) is 23.8 Å². The van der Waals surface area contributed by atoms with Gasteiger partial charge in [-0.05, 0) is 24.5 Å². The zero-order chi connectivity index (χ0) is 10.1.